The van der Waals surface area contributed by atoms with E-state index in [1.54, 1.807) is 0 Å². The molecule has 0 radical (unpaired) electrons. The van der Waals surface area contributed by atoms with E-state index >= 15 is 0 Å². The Hall–Kier alpha value is -1.35. The zero-order chi connectivity index (χ0) is 8.82. The molecule has 3 saturated carbocycles. The summed E-state index contributed by atoms with van der Waals surface area (Å²) in [6.45, 7) is 6.56. The van der Waals surface area contributed by atoms with E-state index in [1.165, 1.54) is 0 Å². The monoisotopic (exact) mass is 160 g/mol. The first kappa shape index (κ1) is 7.31. The molecule has 0 aromatic rings. The molecule has 3 nitrogen and oxygen atoms in total. The average molecular weight is 160 g/mol. The molecule has 0 saturated heterocycles. The summed E-state index contributed by atoms with van der Waals surface area (Å²) >= 11 is 0. The second-order valence-electron chi connectivity index (χ2n) is 3.94. The molecule has 0 unspecified atom stereocenters. The van der Waals surface area contributed by atoms with Crippen LogP contribution in [0.1, 0.15) is 19.3 Å². The maximum Gasteiger partial charge on any atom is 0.272 e. The minimum atomic E-state index is -0.236. The van der Waals surface area contributed by atoms with Crippen molar-refractivity contribution >= 4 is 5.78 Å². The lowest BCUT2D eigenvalue weighted by Gasteiger charge is -2.65. The molecule has 60 valence electrons. The van der Waals surface area contributed by atoms with Crippen molar-refractivity contribution in [2.24, 2.45) is 10.8 Å². The molecule has 0 aliphatic heterocycles. The Morgan fingerprint density at radius 1 is 1.58 bits per heavy atom. The molecular formula is C9H8N2O. The zero-order valence-corrected chi connectivity index (χ0v) is 6.63. The van der Waals surface area contributed by atoms with Crippen molar-refractivity contribution in [2.75, 3.05) is 6.54 Å². The van der Waals surface area contributed by atoms with Gasteiger partial charge in [0, 0.05) is 5.41 Å². The van der Waals surface area contributed by atoms with Crippen molar-refractivity contribution < 1.29 is 4.79 Å². The van der Waals surface area contributed by atoms with Gasteiger partial charge in [-0.3, -0.25) is 4.79 Å². The highest BCUT2D eigenvalue weighted by Crippen LogP contribution is 2.73. The number of hydrogen-bond acceptors (Lipinski definition) is 2. The van der Waals surface area contributed by atoms with Gasteiger partial charge in [-0.25, -0.2) is 6.57 Å². The topological polar surface area (TPSA) is 45.2 Å². The highest BCUT2D eigenvalue weighted by atomic mass is 16.1. The van der Waals surface area contributed by atoms with Gasteiger partial charge in [0.25, 0.3) is 6.54 Å². The summed E-state index contributed by atoms with van der Waals surface area (Å²) in [4.78, 5) is 14.4. The van der Waals surface area contributed by atoms with Crippen LogP contribution in [0.15, 0.2) is 0 Å². The molecule has 0 aromatic heterocycles. The van der Waals surface area contributed by atoms with Crippen molar-refractivity contribution in [3.05, 3.63) is 11.4 Å². The Bertz CT molecular complexity index is 312. The quantitative estimate of drug-likeness (QED) is 0.569. The van der Waals surface area contributed by atoms with Gasteiger partial charge in [-0.05, 0) is 19.3 Å². The fourth-order valence-corrected chi connectivity index (χ4v) is 2.44. The predicted octanol–water partition coefficient (Wildman–Crippen LogP) is 1.17. The molecule has 0 spiro atoms. The summed E-state index contributed by atoms with van der Waals surface area (Å²) in [5, 5.41) is 8.69. The second kappa shape index (κ2) is 1.87. The van der Waals surface area contributed by atoms with Crippen LogP contribution in [0.5, 0.6) is 0 Å². The number of carbonyl (C=O) groups is 1. The Morgan fingerprint density at radius 3 is 2.58 bits per heavy atom. The molecular weight excluding hydrogens is 152 g/mol. The first-order valence-electron chi connectivity index (χ1n) is 3.94. The number of carbonyl (C=O) groups excluding carboxylic acids is 1. The summed E-state index contributed by atoms with van der Waals surface area (Å²) in [6, 6.07) is 2.24. The number of nitriles is 1. The average Bonchev–Trinajstić information content (AvgIpc) is 1.83. The van der Waals surface area contributed by atoms with Crippen molar-refractivity contribution in [1.82, 2.24) is 0 Å². The molecule has 0 atom stereocenters. The molecule has 0 amide bonds. The first-order valence-corrected chi connectivity index (χ1v) is 3.94. The number of Topliss-reactive ketones (excluding diaryl/α,β-unsaturated/α-hetero) is 1. The summed E-state index contributed by atoms with van der Waals surface area (Å²) in [5.74, 6) is 0.0506. The van der Waals surface area contributed by atoms with Crippen LogP contribution in [-0.2, 0) is 4.79 Å². The number of ketones is 1. The molecule has 3 aliphatic carbocycles. The highest BCUT2D eigenvalue weighted by molar-refractivity contribution is 5.91. The standard InChI is InChI=1S/C9H8N2O/c1-11-2-7(12)9-3-8(4-9,5-9)6-10/h2-5H2. The van der Waals surface area contributed by atoms with E-state index in [-0.39, 0.29) is 23.2 Å². The van der Waals surface area contributed by atoms with Gasteiger partial charge in [0.2, 0.25) is 5.78 Å². The minimum absolute atomic E-state index is 0.00150. The Kier molecular flexibility index (Phi) is 1.14. The first-order chi connectivity index (χ1) is 5.66. The molecule has 3 heteroatoms. The molecule has 3 fully saturated rings. The van der Waals surface area contributed by atoms with Gasteiger partial charge < -0.3 is 4.85 Å². The third kappa shape index (κ3) is 0.617. The third-order valence-corrected chi connectivity index (χ3v) is 3.08. The van der Waals surface area contributed by atoms with Gasteiger partial charge in [-0.15, -0.1) is 0 Å². The smallest absolute Gasteiger partial charge is 0.272 e. The van der Waals surface area contributed by atoms with Gasteiger partial charge in [0.05, 0.1) is 11.5 Å². The number of nitrogens with zero attached hydrogens (tertiary/aromatic N) is 2. The molecule has 3 aliphatic rings. The van der Waals surface area contributed by atoms with Crippen molar-refractivity contribution in [2.45, 2.75) is 19.3 Å². The number of rotatable bonds is 2. The minimum Gasteiger partial charge on any atom is -0.308 e. The van der Waals surface area contributed by atoms with Crippen LogP contribution in [0.4, 0.5) is 0 Å². The molecule has 12 heavy (non-hydrogen) atoms. The predicted molar refractivity (Wildman–Crippen MR) is 40.8 cm³/mol. The molecule has 2 bridgehead atoms. The largest absolute Gasteiger partial charge is 0.308 e. The maximum absolute atomic E-state index is 11.3. The van der Waals surface area contributed by atoms with E-state index in [0.717, 1.165) is 0 Å². The van der Waals surface area contributed by atoms with Gasteiger partial charge in [-0.1, -0.05) is 0 Å². The zero-order valence-electron chi connectivity index (χ0n) is 6.63. The Morgan fingerprint density at radius 2 is 2.17 bits per heavy atom. The lowest BCUT2D eigenvalue weighted by atomic mass is 9.34. The SMILES string of the molecule is [C-]#[N+]CC(=O)C12CC(C#N)(C1)C2. The van der Waals surface area contributed by atoms with E-state index in [2.05, 4.69) is 10.9 Å². The van der Waals surface area contributed by atoms with Gasteiger partial charge >= 0.3 is 0 Å². The number of hydrogen-bond donors (Lipinski definition) is 0. The van der Waals surface area contributed by atoms with Crippen LogP contribution in [0.3, 0.4) is 0 Å². The fraction of sp³-hybridized carbons (Fsp3) is 0.667. The fourth-order valence-electron chi connectivity index (χ4n) is 2.44. The lowest BCUT2D eigenvalue weighted by Crippen LogP contribution is -2.65. The normalized spacial score (nSPS) is 41.5. The van der Waals surface area contributed by atoms with E-state index in [4.69, 9.17) is 11.8 Å². The van der Waals surface area contributed by atoms with E-state index < -0.39 is 0 Å². The van der Waals surface area contributed by atoms with Crippen LogP contribution in [0, 0.1) is 28.7 Å². The van der Waals surface area contributed by atoms with Crippen molar-refractivity contribution in [1.29, 1.82) is 5.26 Å². The molecule has 0 aromatic carbocycles. The van der Waals surface area contributed by atoms with E-state index in [0.29, 0.717) is 19.3 Å². The van der Waals surface area contributed by atoms with Crippen LogP contribution in [0.2, 0.25) is 0 Å². The maximum atomic E-state index is 11.3. The van der Waals surface area contributed by atoms with E-state index in [1.807, 2.05) is 0 Å². The lowest BCUT2D eigenvalue weighted by molar-refractivity contribution is -0.180. The van der Waals surface area contributed by atoms with Crippen molar-refractivity contribution in [3.8, 4) is 6.07 Å². The van der Waals surface area contributed by atoms with Crippen LogP contribution in [-0.4, -0.2) is 12.3 Å². The van der Waals surface area contributed by atoms with Crippen LogP contribution < -0.4 is 0 Å². The van der Waals surface area contributed by atoms with Crippen LogP contribution >= 0.6 is 0 Å². The summed E-state index contributed by atoms with van der Waals surface area (Å²) in [6.07, 6.45) is 2.14. The third-order valence-electron chi connectivity index (χ3n) is 3.08. The Labute approximate surface area is 70.8 Å². The second-order valence-corrected chi connectivity index (χ2v) is 3.94. The molecule has 0 heterocycles. The van der Waals surface area contributed by atoms with Crippen LogP contribution in [0.25, 0.3) is 4.85 Å². The highest BCUT2D eigenvalue weighted by Gasteiger charge is 2.72. The van der Waals surface area contributed by atoms with E-state index in [9.17, 15) is 4.79 Å². The summed E-state index contributed by atoms with van der Waals surface area (Å²) in [5.41, 5.74) is -0.405. The van der Waals surface area contributed by atoms with Crippen molar-refractivity contribution in [3.63, 3.8) is 0 Å². The summed E-state index contributed by atoms with van der Waals surface area (Å²) in [7, 11) is 0. The van der Waals surface area contributed by atoms with Gasteiger partial charge in [0.1, 0.15) is 0 Å². The van der Waals surface area contributed by atoms with Gasteiger partial charge in [0.15, 0.2) is 0 Å². The molecule has 3 rings (SSSR count). The van der Waals surface area contributed by atoms with Gasteiger partial charge in [-0.2, -0.15) is 5.26 Å². The molecule has 0 N–H and O–H groups in total. The summed E-state index contributed by atoms with van der Waals surface area (Å²) < 4.78 is 0. The Balaban J connectivity index is 2.02.